The van der Waals surface area contributed by atoms with Gasteiger partial charge in [0.1, 0.15) is 10.0 Å². The number of hydrogen-bond acceptors (Lipinski definition) is 6. The predicted octanol–water partition coefficient (Wildman–Crippen LogP) is 4.16. The first kappa shape index (κ1) is 18.5. The quantitative estimate of drug-likeness (QED) is 0.624. The van der Waals surface area contributed by atoms with Crippen LogP contribution in [0, 0.1) is 5.82 Å². The number of aromatic nitrogens is 2. The first-order valence-corrected chi connectivity index (χ1v) is 10.9. The summed E-state index contributed by atoms with van der Waals surface area (Å²) in [6.07, 6.45) is 1.44. The maximum absolute atomic E-state index is 13.1. The predicted molar refractivity (Wildman–Crippen MR) is 99.8 cm³/mol. The molecule has 1 atom stereocenters. The van der Waals surface area contributed by atoms with E-state index in [9.17, 15) is 12.8 Å². The van der Waals surface area contributed by atoms with Gasteiger partial charge in [-0.25, -0.2) is 12.8 Å². The van der Waals surface area contributed by atoms with E-state index < -0.39 is 10.0 Å². The van der Waals surface area contributed by atoms with Crippen molar-refractivity contribution in [1.82, 2.24) is 14.5 Å². The van der Waals surface area contributed by atoms with E-state index in [0.717, 1.165) is 17.8 Å². The van der Waals surface area contributed by atoms with Crippen molar-refractivity contribution < 1.29 is 17.2 Å². The fraction of sp³-hybridized carbons (Fsp3) is 0.294. The van der Waals surface area contributed by atoms with E-state index in [1.54, 1.807) is 18.2 Å². The molecule has 0 N–H and O–H groups in total. The average Bonchev–Trinajstić information content (AvgIpc) is 3.32. The van der Waals surface area contributed by atoms with Gasteiger partial charge in [0.2, 0.25) is 11.8 Å². The average molecular weight is 428 g/mol. The molecular weight excluding hydrogens is 413 g/mol. The van der Waals surface area contributed by atoms with E-state index in [-0.39, 0.29) is 28.4 Å². The topological polar surface area (TPSA) is 76.3 Å². The number of rotatable bonds is 4. The Morgan fingerprint density at radius 2 is 1.96 bits per heavy atom. The number of sulfonamides is 1. The zero-order valence-electron chi connectivity index (χ0n) is 14.0. The normalized spacial score (nSPS) is 18.7. The molecule has 0 bridgehead atoms. The number of halogens is 2. The van der Waals surface area contributed by atoms with Crippen LogP contribution in [0.4, 0.5) is 4.39 Å². The van der Waals surface area contributed by atoms with Gasteiger partial charge in [0, 0.05) is 18.7 Å². The van der Waals surface area contributed by atoms with Crippen molar-refractivity contribution in [2.45, 2.75) is 23.0 Å². The first-order chi connectivity index (χ1) is 12.9. The maximum atomic E-state index is 13.1. The molecule has 0 radical (unpaired) electrons. The Hall–Kier alpha value is -1.81. The van der Waals surface area contributed by atoms with Crippen molar-refractivity contribution in [1.29, 1.82) is 0 Å². The molecular formula is C17H15ClFN3O3S2. The Bertz CT molecular complexity index is 1050. The highest BCUT2D eigenvalue weighted by molar-refractivity contribution is 7.91. The second kappa shape index (κ2) is 7.31. The highest BCUT2D eigenvalue weighted by Crippen LogP contribution is 2.34. The molecule has 3 heterocycles. The largest absolute Gasteiger partial charge is 0.420 e. The monoisotopic (exact) mass is 427 g/mol. The lowest BCUT2D eigenvalue weighted by Gasteiger charge is -2.29. The SMILES string of the molecule is O=S(=O)(c1ccc(Cl)s1)N1CCCC(c2nnc(-c3ccc(F)cc3)o2)C1. The summed E-state index contributed by atoms with van der Waals surface area (Å²) in [4.78, 5) is 0. The molecule has 1 saturated heterocycles. The molecule has 6 nitrogen and oxygen atoms in total. The molecule has 27 heavy (non-hydrogen) atoms. The zero-order chi connectivity index (χ0) is 19.0. The lowest BCUT2D eigenvalue weighted by atomic mass is 10.00. The molecule has 1 aliphatic rings. The smallest absolute Gasteiger partial charge is 0.252 e. The van der Waals surface area contributed by atoms with E-state index in [1.165, 1.54) is 22.5 Å². The third kappa shape index (κ3) is 3.77. The molecule has 0 amide bonds. The minimum atomic E-state index is -3.60. The molecule has 1 aromatic carbocycles. The molecule has 1 fully saturated rings. The van der Waals surface area contributed by atoms with E-state index in [2.05, 4.69) is 10.2 Å². The highest BCUT2D eigenvalue weighted by atomic mass is 35.5. The minimum Gasteiger partial charge on any atom is -0.420 e. The van der Waals surface area contributed by atoms with Crippen LogP contribution in [0.15, 0.2) is 45.0 Å². The van der Waals surface area contributed by atoms with Crippen LogP contribution in [0.3, 0.4) is 0 Å². The second-order valence-electron chi connectivity index (χ2n) is 6.21. The Morgan fingerprint density at radius 3 is 2.67 bits per heavy atom. The summed E-state index contributed by atoms with van der Waals surface area (Å²) < 4.78 is 46.5. The lowest BCUT2D eigenvalue weighted by molar-refractivity contribution is 0.286. The van der Waals surface area contributed by atoms with Gasteiger partial charge in [0.05, 0.1) is 10.3 Å². The maximum Gasteiger partial charge on any atom is 0.252 e. The van der Waals surface area contributed by atoms with Crippen molar-refractivity contribution in [3.05, 3.63) is 52.4 Å². The Kier molecular flexibility index (Phi) is 5.02. The minimum absolute atomic E-state index is 0.189. The lowest BCUT2D eigenvalue weighted by Crippen LogP contribution is -2.38. The van der Waals surface area contributed by atoms with Crippen molar-refractivity contribution in [3.63, 3.8) is 0 Å². The Morgan fingerprint density at radius 1 is 1.19 bits per heavy atom. The molecule has 1 unspecified atom stereocenters. The van der Waals surface area contributed by atoms with Gasteiger partial charge in [-0.2, -0.15) is 4.31 Å². The number of piperidine rings is 1. The number of hydrogen-bond donors (Lipinski definition) is 0. The highest BCUT2D eigenvalue weighted by Gasteiger charge is 2.34. The van der Waals surface area contributed by atoms with Gasteiger partial charge in [0.25, 0.3) is 10.0 Å². The standard InChI is InChI=1S/C17H15ClFN3O3S2/c18-14-7-8-15(26-14)27(23,24)22-9-1-2-12(10-22)17-21-20-16(25-17)11-3-5-13(19)6-4-11/h3-8,12H,1-2,9-10H2. The van der Waals surface area contributed by atoms with Gasteiger partial charge in [-0.05, 0) is 49.2 Å². The fourth-order valence-corrected chi connectivity index (χ4v) is 6.20. The number of thiophene rings is 1. The summed E-state index contributed by atoms with van der Waals surface area (Å²) >= 11 is 6.92. The molecule has 0 spiro atoms. The van der Waals surface area contributed by atoms with E-state index in [1.807, 2.05) is 0 Å². The van der Waals surface area contributed by atoms with Gasteiger partial charge in [-0.15, -0.1) is 21.5 Å². The zero-order valence-corrected chi connectivity index (χ0v) is 16.4. The summed E-state index contributed by atoms with van der Waals surface area (Å²) in [6.45, 7) is 0.705. The van der Waals surface area contributed by atoms with Gasteiger partial charge in [-0.1, -0.05) is 11.6 Å². The van der Waals surface area contributed by atoms with Crippen LogP contribution in [-0.4, -0.2) is 36.0 Å². The fourth-order valence-electron chi connectivity index (χ4n) is 3.03. The van der Waals surface area contributed by atoms with Crippen LogP contribution < -0.4 is 0 Å². The number of nitrogens with zero attached hydrogens (tertiary/aromatic N) is 3. The van der Waals surface area contributed by atoms with Gasteiger partial charge in [-0.3, -0.25) is 0 Å². The van der Waals surface area contributed by atoms with Crippen molar-refractivity contribution in [2.75, 3.05) is 13.1 Å². The van der Waals surface area contributed by atoms with Gasteiger partial charge >= 0.3 is 0 Å². The van der Waals surface area contributed by atoms with Crippen LogP contribution >= 0.6 is 22.9 Å². The third-order valence-corrected chi connectivity index (χ3v) is 7.97. The third-order valence-electron chi connectivity index (χ3n) is 4.41. The Labute approximate surface area is 164 Å². The van der Waals surface area contributed by atoms with Crippen molar-refractivity contribution in [3.8, 4) is 11.5 Å². The second-order valence-corrected chi connectivity index (χ2v) is 10.1. The molecule has 10 heteroatoms. The van der Waals surface area contributed by atoms with Gasteiger partial charge < -0.3 is 4.42 Å². The molecule has 1 aliphatic heterocycles. The van der Waals surface area contributed by atoms with E-state index in [4.69, 9.17) is 16.0 Å². The molecule has 3 aromatic rings. The number of benzene rings is 1. The molecule has 0 aliphatic carbocycles. The summed E-state index contributed by atoms with van der Waals surface area (Å²) in [6, 6.07) is 8.86. The van der Waals surface area contributed by atoms with E-state index >= 15 is 0 Å². The van der Waals surface area contributed by atoms with Gasteiger partial charge in [0.15, 0.2) is 0 Å². The summed E-state index contributed by atoms with van der Waals surface area (Å²) in [5, 5.41) is 8.10. The first-order valence-electron chi connectivity index (χ1n) is 8.28. The molecule has 2 aromatic heterocycles. The van der Waals surface area contributed by atoms with Crippen molar-refractivity contribution in [2.24, 2.45) is 0 Å². The Balaban J connectivity index is 1.54. The summed E-state index contributed by atoms with van der Waals surface area (Å²) in [7, 11) is -3.60. The van der Waals surface area contributed by atoms with Crippen LogP contribution in [0.25, 0.3) is 11.5 Å². The van der Waals surface area contributed by atoms with Crippen LogP contribution in [0.5, 0.6) is 0 Å². The molecule has 142 valence electrons. The van der Waals surface area contributed by atoms with E-state index in [0.29, 0.717) is 28.8 Å². The van der Waals surface area contributed by atoms with Crippen LogP contribution in [0.1, 0.15) is 24.7 Å². The van der Waals surface area contributed by atoms with Crippen molar-refractivity contribution >= 4 is 33.0 Å². The molecule has 0 saturated carbocycles. The summed E-state index contributed by atoms with van der Waals surface area (Å²) in [5.74, 6) is 0.138. The van der Waals surface area contributed by atoms with Crippen LogP contribution in [0.2, 0.25) is 4.34 Å². The molecule has 4 rings (SSSR count). The summed E-state index contributed by atoms with van der Waals surface area (Å²) in [5.41, 5.74) is 0.615. The van der Waals surface area contributed by atoms with Crippen LogP contribution in [-0.2, 0) is 10.0 Å².